The second-order valence-electron chi connectivity index (χ2n) is 4.54. The van der Waals surface area contributed by atoms with Gasteiger partial charge in [-0.15, -0.1) is 0 Å². The molecule has 0 saturated heterocycles. The van der Waals surface area contributed by atoms with E-state index < -0.39 is 28.7 Å². The number of sulfonamides is 1. The standard InChI is InChI=1S/C12H16F3NO3S/c1-8(6-12(13,14)15)16-20(18,19)11-5-3-4-10(7-17)9(11)2/h3-5,8,16-17H,6-7H2,1-2H3. The molecule has 1 atom stereocenters. The molecule has 8 heteroatoms. The molecular formula is C12H16F3NO3S. The van der Waals surface area contributed by atoms with Crippen LogP contribution < -0.4 is 4.72 Å². The molecule has 0 fully saturated rings. The number of hydrogen-bond acceptors (Lipinski definition) is 3. The molecule has 0 amide bonds. The van der Waals surface area contributed by atoms with E-state index in [1.807, 2.05) is 4.72 Å². The predicted octanol–water partition coefficient (Wildman–Crippen LogP) is 2.11. The highest BCUT2D eigenvalue weighted by molar-refractivity contribution is 7.89. The molecule has 0 aromatic heterocycles. The van der Waals surface area contributed by atoms with Crippen LogP contribution >= 0.6 is 0 Å². The van der Waals surface area contributed by atoms with E-state index in [-0.39, 0.29) is 11.5 Å². The van der Waals surface area contributed by atoms with Crippen LogP contribution in [0.15, 0.2) is 23.1 Å². The van der Waals surface area contributed by atoms with Crippen LogP contribution in [-0.2, 0) is 16.6 Å². The number of halogens is 3. The van der Waals surface area contributed by atoms with Crippen LogP contribution in [0.5, 0.6) is 0 Å². The minimum absolute atomic E-state index is 0.127. The second-order valence-corrected chi connectivity index (χ2v) is 6.22. The van der Waals surface area contributed by atoms with E-state index >= 15 is 0 Å². The number of alkyl halides is 3. The Bertz CT molecular complexity index is 570. The molecule has 1 aromatic rings. The molecule has 0 heterocycles. The van der Waals surface area contributed by atoms with Gasteiger partial charge in [0.25, 0.3) is 0 Å². The van der Waals surface area contributed by atoms with Gasteiger partial charge in [-0.25, -0.2) is 13.1 Å². The van der Waals surface area contributed by atoms with E-state index in [0.717, 1.165) is 6.92 Å². The summed E-state index contributed by atoms with van der Waals surface area (Å²) in [5.41, 5.74) is 0.734. The Hall–Kier alpha value is -1.12. The number of rotatable bonds is 5. The highest BCUT2D eigenvalue weighted by Crippen LogP contribution is 2.23. The SMILES string of the molecule is Cc1c(CO)cccc1S(=O)(=O)NC(C)CC(F)(F)F. The molecular weight excluding hydrogens is 295 g/mol. The van der Waals surface area contributed by atoms with Crippen molar-refractivity contribution in [1.82, 2.24) is 4.72 Å². The van der Waals surface area contributed by atoms with Crippen molar-refractivity contribution < 1.29 is 26.7 Å². The van der Waals surface area contributed by atoms with Crippen molar-refractivity contribution in [2.24, 2.45) is 0 Å². The highest BCUT2D eigenvalue weighted by atomic mass is 32.2. The van der Waals surface area contributed by atoms with Crippen molar-refractivity contribution in [2.75, 3.05) is 0 Å². The smallest absolute Gasteiger partial charge is 0.390 e. The third-order valence-corrected chi connectivity index (χ3v) is 4.48. The van der Waals surface area contributed by atoms with Gasteiger partial charge in [-0.1, -0.05) is 12.1 Å². The van der Waals surface area contributed by atoms with E-state index in [2.05, 4.69) is 0 Å². The first-order valence-electron chi connectivity index (χ1n) is 5.85. The number of benzene rings is 1. The second kappa shape index (κ2) is 6.11. The van der Waals surface area contributed by atoms with Gasteiger partial charge in [0.1, 0.15) is 0 Å². The fourth-order valence-electron chi connectivity index (χ4n) is 1.84. The molecule has 20 heavy (non-hydrogen) atoms. The van der Waals surface area contributed by atoms with Crippen molar-refractivity contribution >= 4 is 10.0 Å². The van der Waals surface area contributed by atoms with Gasteiger partial charge in [0.15, 0.2) is 0 Å². The lowest BCUT2D eigenvalue weighted by Gasteiger charge is -2.17. The van der Waals surface area contributed by atoms with Gasteiger partial charge in [0.05, 0.1) is 17.9 Å². The first kappa shape index (κ1) is 16.9. The summed E-state index contributed by atoms with van der Waals surface area (Å²) in [6.45, 7) is 2.30. The zero-order valence-corrected chi connectivity index (χ0v) is 11.8. The lowest BCUT2D eigenvalue weighted by Crippen LogP contribution is -2.36. The Labute approximate surface area is 115 Å². The first-order valence-corrected chi connectivity index (χ1v) is 7.33. The van der Waals surface area contributed by atoms with Gasteiger partial charge in [-0.05, 0) is 31.0 Å². The zero-order chi connectivity index (χ0) is 15.6. The largest absolute Gasteiger partial charge is 0.392 e. The minimum atomic E-state index is -4.44. The summed E-state index contributed by atoms with van der Waals surface area (Å²) in [6, 6.07) is 3.00. The fraction of sp³-hybridized carbons (Fsp3) is 0.500. The minimum Gasteiger partial charge on any atom is -0.392 e. The highest BCUT2D eigenvalue weighted by Gasteiger charge is 2.32. The summed E-state index contributed by atoms with van der Waals surface area (Å²) >= 11 is 0. The van der Waals surface area contributed by atoms with Crippen LogP contribution in [0.4, 0.5) is 13.2 Å². The number of hydrogen-bond donors (Lipinski definition) is 2. The van der Waals surface area contributed by atoms with Crippen molar-refractivity contribution in [2.45, 2.75) is 44.0 Å². The maximum atomic E-state index is 12.2. The average Bonchev–Trinajstić information content (AvgIpc) is 2.25. The van der Waals surface area contributed by atoms with Gasteiger partial charge >= 0.3 is 6.18 Å². The average molecular weight is 311 g/mol. The van der Waals surface area contributed by atoms with Crippen LogP contribution in [0.2, 0.25) is 0 Å². The van der Waals surface area contributed by atoms with E-state index in [0.29, 0.717) is 11.1 Å². The lowest BCUT2D eigenvalue weighted by atomic mass is 10.1. The summed E-state index contributed by atoms with van der Waals surface area (Å²) in [6.07, 6.45) is -5.69. The zero-order valence-electron chi connectivity index (χ0n) is 11.0. The monoisotopic (exact) mass is 311 g/mol. The summed E-state index contributed by atoms with van der Waals surface area (Å²) in [7, 11) is -4.06. The molecule has 0 aliphatic carbocycles. The fourth-order valence-corrected chi connectivity index (χ4v) is 3.37. The maximum Gasteiger partial charge on any atom is 0.390 e. The number of nitrogens with one attached hydrogen (secondary N) is 1. The summed E-state index contributed by atoms with van der Waals surface area (Å²) < 4.78 is 62.7. The Morgan fingerprint density at radius 2 is 1.95 bits per heavy atom. The maximum absolute atomic E-state index is 12.2. The molecule has 2 N–H and O–H groups in total. The molecule has 0 aliphatic rings. The normalized spacial score (nSPS) is 14.3. The van der Waals surface area contributed by atoms with E-state index in [1.54, 1.807) is 6.07 Å². The van der Waals surface area contributed by atoms with Crippen LogP contribution in [0, 0.1) is 6.92 Å². The van der Waals surface area contributed by atoms with E-state index in [1.165, 1.54) is 19.1 Å². The van der Waals surface area contributed by atoms with Gasteiger partial charge in [-0.3, -0.25) is 0 Å². The van der Waals surface area contributed by atoms with Gasteiger partial charge in [0, 0.05) is 6.04 Å². The van der Waals surface area contributed by atoms with E-state index in [4.69, 9.17) is 5.11 Å². The number of aliphatic hydroxyl groups is 1. The Morgan fingerprint density at radius 3 is 2.45 bits per heavy atom. The summed E-state index contributed by atoms with van der Waals surface area (Å²) in [4.78, 5) is -0.127. The van der Waals surface area contributed by atoms with Crippen LogP contribution in [-0.4, -0.2) is 25.7 Å². The van der Waals surface area contributed by atoms with Crippen LogP contribution in [0.25, 0.3) is 0 Å². The Balaban J connectivity index is 3.01. The molecule has 0 radical (unpaired) electrons. The van der Waals surface area contributed by atoms with Crippen LogP contribution in [0.1, 0.15) is 24.5 Å². The third kappa shape index (κ3) is 4.46. The van der Waals surface area contributed by atoms with Gasteiger partial charge in [0.2, 0.25) is 10.0 Å². The summed E-state index contributed by atoms with van der Waals surface area (Å²) in [5.74, 6) is 0. The number of aliphatic hydroxyl groups excluding tert-OH is 1. The van der Waals surface area contributed by atoms with Crippen molar-refractivity contribution in [1.29, 1.82) is 0 Å². The molecule has 1 rings (SSSR count). The summed E-state index contributed by atoms with van der Waals surface area (Å²) in [5, 5.41) is 9.08. The quantitative estimate of drug-likeness (QED) is 0.875. The van der Waals surface area contributed by atoms with Gasteiger partial charge in [-0.2, -0.15) is 13.2 Å². The molecule has 1 aromatic carbocycles. The lowest BCUT2D eigenvalue weighted by molar-refractivity contribution is -0.137. The third-order valence-electron chi connectivity index (χ3n) is 2.75. The molecule has 0 bridgehead atoms. The van der Waals surface area contributed by atoms with Crippen molar-refractivity contribution in [3.8, 4) is 0 Å². The van der Waals surface area contributed by atoms with Crippen LogP contribution in [0.3, 0.4) is 0 Å². The molecule has 0 saturated carbocycles. The molecule has 4 nitrogen and oxygen atoms in total. The van der Waals surface area contributed by atoms with Crippen molar-refractivity contribution in [3.63, 3.8) is 0 Å². The Kier molecular flexibility index (Phi) is 5.17. The molecule has 114 valence electrons. The van der Waals surface area contributed by atoms with E-state index in [9.17, 15) is 21.6 Å². The topological polar surface area (TPSA) is 66.4 Å². The van der Waals surface area contributed by atoms with Gasteiger partial charge < -0.3 is 5.11 Å². The van der Waals surface area contributed by atoms with Crippen molar-refractivity contribution in [3.05, 3.63) is 29.3 Å². The predicted molar refractivity (Wildman–Crippen MR) is 67.6 cm³/mol. The molecule has 1 unspecified atom stereocenters. The Morgan fingerprint density at radius 1 is 1.35 bits per heavy atom. The first-order chi connectivity index (χ1) is 9.07. The molecule has 0 aliphatic heterocycles. The molecule has 0 spiro atoms.